The first-order chi connectivity index (χ1) is 13.9. The van der Waals surface area contributed by atoms with Crippen molar-refractivity contribution >= 4 is 42.8 Å². The average molecular weight is 432 g/mol. The number of rotatable bonds is 5. The van der Waals surface area contributed by atoms with E-state index in [9.17, 15) is 8.42 Å². The summed E-state index contributed by atoms with van der Waals surface area (Å²) in [7, 11) is -2.21. The summed E-state index contributed by atoms with van der Waals surface area (Å²) in [6.07, 6.45) is 0. The molecule has 6 nitrogen and oxygen atoms in total. The van der Waals surface area contributed by atoms with Crippen LogP contribution >= 0.6 is 11.3 Å². The molecule has 0 bridgehead atoms. The van der Waals surface area contributed by atoms with Crippen LogP contribution in [0.15, 0.2) is 52.7 Å². The second-order valence-corrected chi connectivity index (χ2v) is 10.0. The van der Waals surface area contributed by atoms with Crippen molar-refractivity contribution in [3.05, 3.63) is 47.8 Å². The highest BCUT2D eigenvalue weighted by Crippen LogP contribution is 2.35. The number of sulfonamides is 1. The van der Waals surface area contributed by atoms with Crippen molar-refractivity contribution in [2.24, 2.45) is 0 Å². The van der Waals surface area contributed by atoms with Gasteiger partial charge in [0.05, 0.1) is 12.8 Å². The van der Waals surface area contributed by atoms with Crippen LogP contribution in [-0.4, -0.2) is 40.7 Å². The standard InChI is InChI=1S/C21H25N3O3S2/c1-14-11-24(12-15(2)22-14)16-8-9-19(27-3)18(10-16)23-29(25,26)21-13-28-20-7-5-4-6-17(20)21/h4-10,13-15,22-23H,11-12H2,1-3H3/t14-,15+. The fraction of sp³-hybridized carbons (Fsp3) is 0.333. The molecule has 2 atom stereocenters. The Morgan fingerprint density at radius 1 is 1.14 bits per heavy atom. The van der Waals surface area contributed by atoms with E-state index in [1.165, 1.54) is 11.3 Å². The number of thiophene rings is 1. The molecule has 154 valence electrons. The zero-order valence-corrected chi connectivity index (χ0v) is 18.3. The van der Waals surface area contributed by atoms with Gasteiger partial charge in [-0.2, -0.15) is 0 Å². The highest BCUT2D eigenvalue weighted by atomic mass is 32.2. The molecule has 1 fully saturated rings. The normalized spacial score (nSPS) is 20.0. The molecule has 0 spiro atoms. The number of hydrogen-bond acceptors (Lipinski definition) is 6. The lowest BCUT2D eigenvalue weighted by Gasteiger charge is -2.38. The second-order valence-electron chi connectivity index (χ2n) is 7.46. The smallest absolute Gasteiger partial charge is 0.263 e. The van der Waals surface area contributed by atoms with Gasteiger partial charge in [-0.25, -0.2) is 8.42 Å². The number of nitrogens with zero attached hydrogens (tertiary/aromatic N) is 1. The molecule has 4 rings (SSSR count). The molecule has 2 heterocycles. The van der Waals surface area contributed by atoms with Crippen molar-refractivity contribution < 1.29 is 13.2 Å². The number of anilines is 2. The fourth-order valence-corrected chi connectivity index (χ4v) is 6.44. The highest BCUT2D eigenvalue weighted by molar-refractivity contribution is 7.93. The third-order valence-electron chi connectivity index (χ3n) is 5.09. The second kappa shape index (κ2) is 7.85. The van der Waals surface area contributed by atoms with E-state index in [2.05, 4.69) is 28.8 Å². The zero-order chi connectivity index (χ0) is 20.6. The molecular formula is C21H25N3O3S2. The molecule has 1 saturated heterocycles. The number of methoxy groups -OCH3 is 1. The molecule has 0 unspecified atom stereocenters. The van der Waals surface area contributed by atoms with E-state index >= 15 is 0 Å². The van der Waals surface area contributed by atoms with Gasteiger partial charge in [0, 0.05) is 46.3 Å². The van der Waals surface area contributed by atoms with Gasteiger partial charge in [0.1, 0.15) is 10.6 Å². The molecular weight excluding hydrogens is 406 g/mol. The third-order valence-corrected chi connectivity index (χ3v) is 7.60. The summed E-state index contributed by atoms with van der Waals surface area (Å²) in [4.78, 5) is 2.55. The summed E-state index contributed by atoms with van der Waals surface area (Å²) < 4.78 is 35.4. The Morgan fingerprint density at radius 3 is 2.59 bits per heavy atom. The fourth-order valence-electron chi connectivity index (χ4n) is 3.87. The van der Waals surface area contributed by atoms with E-state index < -0.39 is 10.0 Å². The molecule has 0 saturated carbocycles. The van der Waals surface area contributed by atoms with Crippen molar-refractivity contribution in [3.8, 4) is 5.75 Å². The van der Waals surface area contributed by atoms with Gasteiger partial charge >= 0.3 is 0 Å². The molecule has 2 aromatic carbocycles. The van der Waals surface area contributed by atoms with Crippen molar-refractivity contribution in [1.82, 2.24) is 5.32 Å². The number of hydrogen-bond donors (Lipinski definition) is 2. The van der Waals surface area contributed by atoms with Gasteiger partial charge in [0.15, 0.2) is 0 Å². The SMILES string of the molecule is COc1ccc(N2C[C@@H](C)N[C@@H](C)C2)cc1NS(=O)(=O)c1csc2ccccc12. The van der Waals surface area contributed by atoms with Crippen LogP contribution in [0.4, 0.5) is 11.4 Å². The van der Waals surface area contributed by atoms with Crippen LogP contribution in [0.1, 0.15) is 13.8 Å². The van der Waals surface area contributed by atoms with Crippen molar-refractivity contribution in [2.45, 2.75) is 30.8 Å². The van der Waals surface area contributed by atoms with Crippen LogP contribution in [0.5, 0.6) is 5.75 Å². The Balaban J connectivity index is 1.68. The van der Waals surface area contributed by atoms with Crippen LogP contribution in [-0.2, 0) is 10.0 Å². The van der Waals surface area contributed by atoms with Gasteiger partial charge in [0.25, 0.3) is 10.0 Å². The van der Waals surface area contributed by atoms with Crippen molar-refractivity contribution in [2.75, 3.05) is 29.8 Å². The van der Waals surface area contributed by atoms with E-state index in [4.69, 9.17) is 4.74 Å². The minimum atomic E-state index is -3.75. The minimum absolute atomic E-state index is 0.287. The Kier molecular flexibility index (Phi) is 5.42. The van der Waals surface area contributed by atoms with Gasteiger partial charge in [-0.1, -0.05) is 18.2 Å². The molecule has 8 heteroatoms. The number of fused-ring (bicyclic) bond motifs is 1. The first-order valence-corrected chi connectivity index (χ1v) is 11.9. The summed E-state index contributed by atoms with van der Waals surface area (Å²) in [6.45, 7) is 6.02. The van der Waals surface area contributed by atoms with Gasteiger partial charge in [-0.05, 0) is 38.1 Å². The van der Waals surface area contributed by atoms with Crippen LogP contribution in [0.3, 0.4) is 0 Å². The topological polar surface area (TPSA) is 70.7 Å². The maximum atomic E-state index is 13.2. The largest absolute Gasteiger partial charge is 0.495 e. The Morgan fingerprint density at radius 2 is 1.86 bits per heavy atom. The maximum absolute atomic E-state index is 13.2. The predicted octanol–water partition coefficient (Wildman–Crippen LogP) is 3.90. The number of benzene rings is 2. The van der Waals surface area contributed by atoms with Crippen LogP contribution in [0, 0.1) is 0 Å². The van der Waals surface area contributed by atoms with E-state index in [0.29, 0.717) is 23.5 Å². The molecule has 29 heavy (non-hydrogen) atoms. The van der Waals surface area contributed by atoms with Gasteiger partial charge in [-0.15, -0.1) is 11.3 Å². The van der Waals surface area contributed by atoms with Crippen molar-refractivity contribution in [3.63, 3.8) is 0 Å². The third kappa shape index (κ3) is 4.05. The Labute approximate surface area is 175 Å². The number of piperazine rings is 1. The summed E-state index contributed by atoms with van der Waals surface area (Å²) in [5.41, 5.74) is 1.41. The lowest BCUT2D eigenvalue weighted by molar-refractivity contribution is 0.406. The van der Waals surface area contributed by atoms with Crippen molar-refractivity contribution in [1.29, 1.82) is 0 Å². The summed E-state index contributed by atoms with van der Waals surface area (Å²) in [5.74, 6) is 0.494. The Bertz CT molecular complexity index is 1120. The monoisotopic (exact) mass is 431 g/mol. The lowest BCUT2D eigenvalue weighted by atomic mass is 10.1. The quantitative estimate of drug-likeness (QED) is 0.641. The van der Waals surface area contributed by atoms with E-state index in [1.807, 2.05) is 42.5 Å². The van der Waals surface area contributed by atoms with Crippen LogP contribution in [0.25, 0.3) is 10.1 Å². The van der Waals surface area contributed by atoms with E-state index in [1.54, 1.807) is 12.5 Å². The van der Waals surface area contributed by atoms with Crippen LogP contribution in [0.2, 0.25) is 0 Å². The maximum Gasteiger partial charge on any atom is 0.263 e. The Hall–Kier alpha value is -2.29. The van der Waals surface area contributed by atoms with Gasteiger partial charge < -0.3 is 15.0 Å². The molecule has 3 aromatic rings. The lowest BCUT2D eigenvalue weighted by Crippen LogP contribution is -2.54. The minimum Gasteiger partial charge on any atom is -0.495 e. The van der Waals surface area contributed by atoms with Crippen LogP contribution < -0.4 is 19.7 Å². The molecule has 1 aliphatic rings. The summed E-state index contributed by atoms with van der Waals surface area (Å²) in [6, 6.07) is 13.9. The molecule has 2 N–H and O–H groups in total. The van der Waals surface area contributed by atoms with Gasteiger partial charge in [-0.3, -0.25) is 4.72 Å². The molecule has 1 aromatic heterocycles. The molecule has 0 radical (unpaired) electrons. The predicted molar refractivity (Wildman–Crippen MR) is 120 cm³/mol. The van der Waals surface area contributed by atoms with E-state index in [-0.39, 0.29) is 4.90 Å². The summed E-state index contributed by atoms with van der Waals surface area (Å²) >= 11 is 1.42. The average Bonchev–Trinajstić information content (AvgIpc) is 3.12. The zero-order valence-electron chi connectivity index (χ0n) is 16.7. The summed E-state index contributed by atoms with van der Waals surface area (Å²) in [5, 5.41) is 5.92. The van der Waals surface area contributed by atoms with Gasteiger partial charge in [0.2, 0.25) is 0 Å². The highest BCUT2D eigenvalue weighted by Gasteiger charge is 2.24. The molecule has 0 amide bonds. The van der Waals surface area contributed by atoms with E-state index in [0.717, 1.165) is 28.9 Å². The first-order valence-electron chi connectivity index (χ1n) is 9.55. The number of nitrogens with one attached hydrogen (secondary N) is 2. The molecule has 0 aliphatic carbocycles. The molecule has 1 aliphatic heterocycles. The first kappa shape index (κ1) is 20.0. The number of ether oxygens (including phenoxy) is 1.